The Balaban J connectivity index is 1.53. The molecule has 8 heteroatoms. The number of rotatable bonds is 6. The van der Waals surface area contributed by atoms with Gasteiger partial charge in [-0.2, -0.15) is 0 Å². The summed E-state index contributed by atoms with van der Waals surface area (Å²) in [6.45, 7) is 0.496. The number of nitrogens with one attached hydrogen (secondary N) is 1. The van der Waals surface area contributed by atoms with Crippen LogP contribution in [0.2, 0.25) is 0 Å². The van der Waals surface area contributed by atoms with Crippen molar-refractivity contribution >= 4 is 11.5 Å². The zero-order valence-corrected chi connectivity index (χ0v) is 14.8. The number of nitrogens with zero attached hydrogens (tertiary/aromatic N) is 5. The van der Waals surface area contributed by atoms with Crippen LogP contribution in [0.1, 0.15) is 5.56 Å². The van der Waals surface area contributed by atoms with Crippen LogP contribution in [0, 0.1) is 10.1 Å². The summed E-state index contributed by atoms with van der Waals surface area (Å²) in [6.07, 6.45) is 6.98. The molecule has 0 saturated heterocycles. The van der Waals surface area contributed by atoms with E-state index in [9.17, 15) is 10.1 Å². The second-order valence-corrected chi connectivity index (χ2v) is 6.04. The van der Waals surface area contributed by atoms with Gasteiger partial charge in [-0.25, -0.2) is 15.0 Å². The molecular weight excluding hydrogens is 356 g/mol. The fourth-order valence-corrected chi connectivity index (χ4v) is 2.77. The predicted molar refractivity (Wildman–Crippen MR) is 105 cm³/mol. The molecular formula is C20H16N6O2. The number of anilines is 1. The molecule has 0 saturated carbocycles. The van der Waals surface area contributed by atoms with Gasteiger partial charge < -0.3 is 5.32 Å². The molecule has 0 amide bonds. The minimum Gasteiger partial charge on any atom is -0.366 e. The van der Waals surface area contributed by atoms with Crippen LogP contribution in [-0.2, 0) is 6.54 Å². The SMILES string of the molecule is O=[N+]([O-])c1ccc(NCc2ccc(-n3ccnc3)nc2)nc1-c1ccccc1. The van der Waals surface area contributed by atoms with E-state index >= 15 is 0 Å². The highest BCUT2D eigenvalue weighted by Gasteiger charge is 2.17. The number of pyridine rings is 2. The van der Waals surface area contributed by atoms with Crippen molar-refractivity contribution in [2.45, 2.75) is 6.54 Å². The number of nitro groups is 1. The Kier molecular flexibility index (Phi) is 4.75. The van der Waals surface area contributed by atoms with Gasteiger partial charge in [0.1, 0.15) is 18.0 Å². The minimum atomic E-state index is -0.419. The van der Waals surface area contributed by atoms with Crippen LogP contribution < -0.4 is 5.32 Å². The summed E-state index contributed by atoms with van der Waals surface area (Å²) < 4.78 is 1.82. The van der Waals surface area contributed by atoms with Crippen molar-refractivity contribution in [2.24, 2.45) is 0 Å². The highest BCUT2D eigenvalue weighted by molar-refractivity contribution is 5.71. The molecule has 0 fully saturated rings. The van der Waals surface area contributed by atoms with Gasteiger partial charge in [0.05, 0.1) is 4.92 Å². The predicted octanol–water partition coefficient (Wildman–Crippen LogP) is 3.85. The van der Waals surface area contributed by atoms with Gasteiger partial charge in [-0.05, 0) is 17.7 Å². The molecule has 0 aliphatic carbocycles. The van der Waals surface area contributed by atoms with Gasteiger partial charge in [-0.1, -0.05) is 36.4 Å². The van der Waals surface area contributed by atoms with Gasteiger partial charge >= 0.3 is 0 Å². The van der Waals surface area contributed by atoms with Crippen LogP contribution in [0.4, 0.5) is 11.5 Å². The van der Waals surface area contributed by atoms with Crippen LogP contribution >= 0.6 is 0 Å². The Bertz CT molecular complexity index is 1080. The molecule has 0 unspecified atom stereocenters. The summed E-state index contributed by atoms with van der Waals surface area (Å²) in [4.78, 5) is 23.8. The van der Waals surface area contributed by atoms with Crippen molar-refractivity contribution < 1.29 is 4.92 Å². The van der Waals surface area contributed by atoms with E-state index in [0.29, 0.717) is 23.6 Å². The van der Waals surface area contributed by atoms with Crippen LogP contribution in [0.5, 0.6) is 0 Å². The third-order valence-corrected chi connectivity index (χ3v) is 4.17. The van der Waals surface area contributed by atoms with Crippen LogP contribution in [0.25, 0.3) is 17.1 Å². The molecule has 0 aliphatic rings. The van der Waals surface area contributed by atoms with E-state index in [-0.39, 0.29) is 5.69 Å². The summed E-state index contributed by atoms with van der Waals surface area (Å²) in [5.41, 5.74) is 1.97. The molecule has 4 rings (SSSR count). The number of benzene rings is 1. The lowest BCUT2D eigenvalue weighted by Gasteiger charge is -2.09. The van der Waals surface area contributed by atoms with E-state index < -0.39 is 4.92 Å². The molecule has 1 N–H and O–H groups in total. The molecule has 8 nitrogen and oxygen atoms in total. The maximum Gasteiger partial charge on any atom is 0.295 e. The minimum absolute atomic E-state index is 0.0249. The maximum atomic E-state index is 11.3. The van der Waals surface area contributed by atoms with Crippen molar-refractivity contribution in [1.82, 2.24) is 19.5 Å². The van der Waals surface area contributed by atoms with E-state index in [0.717, 1.165) is 11.4 Å². The number of hydrogen-bond donors (Lipinski definition) is 1. The van der Waals surface area contributed by atoms with Crippen molar-refractivity contribution in [1.29, 1.82) is 0 Å². The molecule has 0 spiro atoms. The standard InChI is InChI=1S/C20H16N6O2/c27-26(28)17-7-8-18(24-20(17)16-4-2-1-3-5-16)22-12-15-6-9-19(23-13-15)25-11-10-21-14-25/h1-11,13-14H,12H2,(H,22,24). The second-order valence-electron chi connectivity index (χ2n) is 6.04. The topological polar surface area (TPSA) is 98.8 Å². The first-order valence-electron chi connectivity index (χ1n) is 8.59. The quantitative estimate of drug-likeness (QED) is 0.408. The van der Waals surface area contributed by atoms with Gasteiger partial charge in [0.15, 0.2) is 5.69 Å². The van der Waals surface area contributed by atoms with Crippen molar-refractivity contribution in [3.63, 3.8) is 0 Å². The molecule has 4 aromatic rings. The average molecular weight is 372 g/mol. The smallest absolute Gasteiger partial charge is 0.295 e. The molecule has 3 aromatic heterocycles. The van der Waals surface area contributed by atoms with Gasteiger partial charge in [-0.15, -0.1) is 0 Å². The Morgan fingerprint density at radius 2 is 1.93 bits per heavy atom. The first-order valence-corrected chi connectivity index (χ1v) is 8.59. The van der Waals surface area contributed by atoms with E-state index in [4.69, 9.17) is 0 Å². The molecule has 0 bridgehead atoms. The lowest BCUT2D eigenvalue weighted by atomic mass is 10.1. The third kappa shape index (κ3) is 3.70. The van der Waals surface area contributed by atoms with E-state index in [1.165, 1.54) is 6.07 Å². The Hall–Kier alpha value is -4.07. The van der Waals surface area contributed by atoms with Gasteiger partial charge in [0.2, 0.25) is 0 Å². The zero-order valence-electron chi connectivity index (χ0n) is 14.8. The molecule has 3 heterocycles. The summed E-state index contributed by atoms with van der Waals surface area (Å²) in [5, 5.41) is 14.5. The lowest BCUT2D eigenvalue weighted by Crippen LogP contribution is -2.04. The Morgan fingerprint density at radius 1 is 1.07 bits per heavy atom. The largest absolute Gasteiger partial charge is 0.366 e. The van der Waals surface area contributed by atoms with E-state index in [2.05, 4.69) is 20.3 Å². The highest BCUT2D eigenvalue weighted by atomic mass is 16.6. The van der Waals surface area contributed by atoms with Crippen LogP contribution in [0.3, 0.4) is 0 Å². The summed E-state index contributed by atoms with van der Waals surface area (Å²) in [5.74, 6) is 1.34. The van der Waals surface area contributed by atoms with Crippen molar-refractivity contribution in [3.8, 4) is 17.1 Å². The molecule has 1 aromatic carbocycles. The normalized spacial score (nSPS) is 10.6. The van der Waals surface area contributed by atoms with Crippen LogP contribution in [0.15, 0.2) is 79.5 Å². The fraction of sp³-hybridized carbons (Fsp3) is 0.0500. The second kappa shape index (κ2) is 7.67. The Morgan fingerprint density at radius 3 is 2.61 bits per heavy atom. The summed E-state index contributed by atoms with van der Waals surface area (Å²) in [7, 11) is 0. The Labute approximate surface area is 160 Å². The summed E-state index contributed by atoms with van der Waals surface area (Å²) in [6, 6.07) is 16.1. The zero-order chi connectivity index (χ0) is 19.3. The van der Waals surface area contributed by atoms with Gasteiger partial charge in [-0.3, -0.25) is 14.7 Å². The fourth-order valence-electron chi connectivity index (χ4n) is 2.77. The van der Waals surface area contributed by atoms with Crippen molar-refractivity contribution in [3.05, 3.63) is 95.2 Å². The number of hydrogen-bond acceptors (Lipinski definition) is 6. The van der Waals surface area contributed by atoms with Crippen LogP contribution in [-0.4, -0.2) is 24.4 Å². The van der Waals surface area contributed by atoms with E-state index in [1.807, 2.05) is 41.1 Å². The van der Waals surface area contributed by atoms with E-state index in [1.54, 1.807) is 36.9 Å². The summed E-state index contributed by atoms with van der Waals surface area (Å²) >= 11 is 0. The lowest BCUT2D eigenvalue weighted by molar-refractivity contribution is -0.384. The maximum absolute atomic E-state index is 11.3. The first-order chi connectivity index (χ1) is 13.7. The molecule has 0 radical (unpaired) electrons. The highest BCUT2D eigenvalue weighted by Crippen LogP contribution is 2.29. The number of aromatic nitrogens is 4. The molecule has 0 aliphatic heterocycles. The van der Waals surface area contributed by atoms with Crippen molar-refractivity contribution in [2.75, 3.05) is 5.32 Å². The monoisotopic (exact) mass is 372 g/mol. The molecule has 138 valence electrons. The average Bonchev–Trinajstić information content (AvgIpc) is 3.28. The first kappa shape index (κ1) is 17.3. The molecule has 0 atom stereocenters. The van der Waals surface area contributed by atoms with Gasteiger partial charge in [0.25, 0.3) is 5.69 Å². The number of imidazole rings is 1. The molecule has 28 heavy (non-hydrogen) atoms. The van der Waals surface area contributed by atoms with Gasteiger partial charge in [0, 0.05) is 36.8 Å². The third-order valence-electron chi connectivity index (χ3n) is 4.17.